The average molecular weight is 528 g/mol. The predicted octanol–water partition coefficient (Wildman–Crippen LogP) is 4.83. The van der Waals surface area contributed by atoms with E-state index in [0.717, 1.165) is 35.2 Å². The van der Waals surface area contributed by atoms with Crippen molar-refractivity contribution in [3.63, 3.8) is 0 Å². The lowest BCUT2D eigenvalue weighted by atomic mass is 9.99. The molecule has 35 heavy (non-hydrogen) atoms. The molecule has 2 aromatic carbocycles. The van der Waals surface area contributed by atoms with Gasteiger partial charge in [-0.05, 0) is 68.1 Å². The number of piperidine rings is 1. The van der Waals surface area contributed by atoms with E-state index < -0.39 is 22.1 Å². The molecule has 186 valence electrons. The molecule has 3 atom stereocenters. The summed E-state index contributed by atoms with van der Waals surface area (Å²) in [7, 11) is -3.92. The molecule has 1 amide bonds. The summed E-state index contributed by atoms with van der Waals surface area (Å²) in [6.45, 7) is 0. The fourth-order valence-corrected chi connectivity index (χ4v) is 7.13. The number of nitrogens with zero attached hydrogens (tertiary/aromatic N) is 1. The van der Waals surface area contributed by atoms with E-state index in [-0.39, 0.29) is 28.9 Å². The van der Waals surface area contributed by atoms with Crippen molar-refractivity contribution in [2.75, 3.05) is 0 Å². The molecule has 0 spiro atoms. The fraction of sp³-hybridized carbons (Fsp3) is 0.348. The Labute approximate surface area is 204 Å². The fourth-order valence-electron chi connectivity index (χ4n) is 5.06. The van der Waals surface area contributed by atoms with Crippen LogP contribution in [0.1, 0.15) is 36.2 Å². The second-order valence-corrected chi connectivity index (χ2v) is 11.1. The number of sulfonamides is 1. The number of aromatic nitrogens is 1. The first-order chi connectivity index (χ1) is 16.5. The summed E-state index contributed by atoms with van der Waals surface area (Å²) in [6, 6.07) is 10.4. The molecule has 12 heteroatoms. The van der Waals surface area contributed by atoms with E-state index in [1.807, 2.05) is 6.07 Å². The number of nitrogens with one attached hydrogen (secondary N) is 2. The first kappa shape index (κ1) is 24.0. The van der Waals surface area contributed by atoms with Gasteiger partial charge in [0.1, 0.15) is 11.4 Å². The third kappa shape index (κ3) is 4.85. The van der Waals surface area contributed by atoms with Crippen LogP contribution in [0.4, 0.5) is 13.2 Å². The zero-order valence-electron chi connectivity index (χ0n) is 18.2. The van der Waals surface area contributed by atoms with Crippen molar-refractivity contribution >= 4 is 38.4 Å². The van der Waals surface area contributed by atoms with Crippen molar-refractivity contribution in [1.29, 1.82) is 0 Å². The molecule has 1 unspecified atom stereocenters. The number of halogens is 4. The van der Waals surface area contributed by atoms with Crippen molar-refractivity contribution in [3.8, 4) is 5.75 Å². The molecule has 2 N–H and O–H groups in total. The molecular weight excluding hydrogens is 507 g/mol. The smallest absolute Gasteiger partial charge is 0.406 e. The van der Waals surface area contributed by atoms with E-state index in [0.29, 0.717) is 36.4 Å². The lowest BCUT2D eigenvalue weighted by Crippen LogP contribution is -2.52. The highest BCUT2D eigenvalue weighted by Gasteiger charge is 2.47. The van der Waals surface area contributed by atoms with Gasteiger partial charge in [0.25, 0.3) is 5.91 Å². The Bertz CT molecular complexity index is 1360. The summed E-state index contributed by atoms with van der Waals surface area (Å²) in [5.41, 5.74) is 1.14. The lowest BCUT2D eigenvalue weighted by molar-refractivity contribution is -0.274. The number of amides is 1. The third-order valence-electron chi connectivity index (χ3n) is 6.46. The minimum absolute atomic E-state index is 0.0943. The molecule has 2 aliphatic rings. The van der Waals surface area contributed by atoms with Crippen molar-refractivity contribution in [2.45, 2.75) is 55.1 Å². The van der Waals surface area contributed by atoms with Crippen molar-refractivity contribution in [1.82, 2.24) is 14.6 Å². The lowest BCUT2D eigenvalue weighted by Gasteiger charge is -2.38. The standard InChI is InChI=1S/C23H21ClF3N3O4S/c24-14-2-1-13-9-21(29-20(13)10-14)22(31)28-15-11-16-3-4-17(12-15)30(16)35(32,33)19-7-5-18(6-8-19)34-23(25,26)27/h1-2,5-10,15-17,29H,3-4,11-12H2,(H,28,31)/t15?,16-,17+. The minimum atomic E-state index is -4.86. The van der Waals surface area contributed by atoms with Crippen molar-refractivity contribution < 1.29 is 31.1 Å². The minimum Gasteiger partial charge on any atom is -0.406 e. The van der Waals surface area contributed by atoms with Crippen LogP contribution in [-0.4, -0.2) is 48.1 Å². The Morgan fingerprint density at radius 2 is 1.71 bits per heavy atom. The highest BCUT2D eigenvalue weighted by atomic mass is 35.5. The largest absolute Gasteiger partial charge is 0.573 e. The highest BCUT2D eigenvalue weighted by molar-refractivity contribution is 7.89. The summed E-state index contributed by atoms with van der Waals surface area (Å²) in [4.78, 5) is 15.8. The Hall–Kier alpha value is -2.76. The Balaban J connectivity index is 1.28. The number of hydrogen-bond donors (Lipinski definition) is 2. The van der Waals surface area contributed by atoms with Gasteiger partial charge in [0.05, 0.1) is 4.90 Å². The number of aromatic amines is 1. The SMILES string of the molecule is O=C(NC1C[C@H]2CC[C@@H](C1)N2S(=O)(=O)c1ccc(OC(F)(F)F)cc1)c1cc2ccc(Cl)cc2[nH]1. The van der Waals surface area contributed by atoms with Crippen LogP contribution in [0.15, 0.2) is 53.4 Å². The number of ether oxygens (including phenoxy) is 1. The number of H-pyrrole nitrogens is 1. The molecule has 3 aromatic rings. The summed E-state index contributed by atoms with van der Waals surface area (Å²) >= 11 is 6.00. The van der Waals surface area contributed by atoms with Crippen LogP contribution in [0.2, 0.25) is 5.02 Å². The van der Waals surface area contributed by atoms with Crippen LogP contribution >= 0.6 is 11.6 Å². The van der Waals surface area contributed by atoms with E-state index >= 15 is 0 Å². The zero-order chi connectivity index (χ0) is 25.0. The first-order valence-electron chi connectivity index (χ1n) is 11.0. The number of benzene rings is 2. The van der Waals surface area contributed by atoms with E-state index in [1.165, 1.54) is 4.31 Å². The highest BCUT2D eigenvalue weighted by Crippen LogP contribution is 2.40. The molecule has 2 bridgehead atoms. The Kier molecular flexibility index (Phi) is 5.97. The van der Waals surface area contributed by atoms with Crippen molar-refractivity contribution in [2.24, 2.45) is 0 Å². The predicted molar refractivity (Wildman–Crippen MR) is 123 cm³/mol. The molecular formula is C23H21ClF3N3O4S. The average Bonchev–Trinajstić information content (AvgIpc) is 3.32. The molecule has 7 nitrogen and oxygen atoms in total. The van der Waals surface area contributed by atoms with Gasteiger partial charge in [-0.25, -0.2) is 8.42 Å². The maximum atomic E-state index is 13.3. The number of hydrogen-bond acceptors (Lipinski definition) is 4. The Morgan fingerprint density at radius 3 is 2.34 bits per heavy atom. The molecule has 2 fully saturated rings. The van der Waals surface area contributed by atoms with E-state index in [4.69, 9.17) is 11.6 Å². The van der Waals surface area contributed by atoms with Gasteiger partial charge in [-0.15, -0.1) is 13.2 Å². The van der Waals surface area contributed by atoms with E-state index in [2.05, 4.69) is 15.0 Å². The normalized spacial score (nSPS) is 22.9. The number of carbonyl (C=O) groups excluding carboxylic acids is 1. The Morgan fingerprint density at radius 1 is 1.06 bits per heavy atom. The van der Waals surface area contributed by atoms with Crippen LogP contribution in [0.5, 0.6) is 5.75 Å². The molecule has 1 aromatic heterocycles. The molecule has 2 saturated heterocycles. The molecule has 0 saturated carbocycles. The van der Waals surface area contributed by atoms with Gasteiger partial charge in [0.15, 0.2) is 0 Å². The summed E-state index contributed by atoms with van der Waals surface area (Å²) < 4.78 is 69.0. The topological polar surface area (TPSA) is 91.5 Å². The van der Waals surface area contributed by atoms with E-state index in [1.54, 1.807) is 18.2 Å². The van der Waals surface area contributed by atoms with Crippen LogP contribution < -0.4 is 10.1 Å². The first-order valence-corrected chi connectivity index (χ1v) is 12.8. The summed E-state index contributed by atoms with van der Waals surface area (Å²) in [5.74, 6) is -0.765. The zero-order valence-corrected chi connectivity index (χ0v) is 19.8. The van der Waals surface area contributed by atoms with Gasteiger partial charge in [-0.1, -0.05) is 17.7 Å². The van der Waals surface area contributed by atoms with Gasteiger partial charge < -0.3 is 15.0 Å². The van der Waals surface area contributed by atoms with Gasteiger partial charge in [-0.3, -0.25) is 4.79 Å². The van der Waals surface area contributed by atoms with Gasteiger partial charge >= 0.3 is 6.36 Å². The van der Waals surface area contributed by atoms with Crippen molar-refractivity contribution in [3.05, 3.63) is 59.2 Å². The van der Waals surface area contributed by atoms with E-state index in [9.17, 15) is 26.4 Å². The number of fused-ring (bicyclic) bond motifs is 3. The second-order valence-electron chi connectivity index (χ2n) is 8.80. The molecule has 3 heterocycles. The molecule has 0 aliphatic carbocycles. The maximum Gasteiger partial charge on any atom is 0.573 e. The van der Waals surface area contributed by atoms with Gasteiger partial charge in [-0.2, -0.15) is 4.31 Å². The third-order valence-corrected chi connectivity index (χ3v) is 8.72. The van der Waals surface area contributed by atoms with Crippen LogP contribution in [-0.2, 0) is 10.0 Å². The van der Waals surface area contributed by atoms with Crippen LogP contribution in [0.25, 0.3) is 10.9 Å². The molecule has 2 aliphatic heterocycles. The van der Waals surface area contributed by atoms with Crippen LogP contribution in [0, 0.1) is 0 Å². The second kappa shape index (κ2) is 8.72. The maximum absolute atomic E-state index is 13.3. The van der Waals surface area contributed by atoms with Gasteiger partial charge in [0.2, 0.25) is 10.0 Å². The number of alkyl halides is 3. The monoisotopic (exact) mass is 527 g/mol. The summed E-state index contributed by atoms with van der Waals surface area (Å²) in [6.07, 6.45) is -2.66. The molecule has 5 rings (SSSR count). The van der Waals surface area contributed by atoms with Crippen LogP contribution in [0.3, 0.4) is 0 Å². The number of carbonyl (C=O) groups is 1. The number of rotatable bonds is 5. The molecule has 0 radical (unpaired) electrons. The van der Waals surface area contributed by atoms with Gasteiger partial charge in [0, 0.05) is 34.1 Å². The summed E-state index contributed by atoms with van der Waals surface area (Å²) in [5, 5.41) is 4.41. The quantitative estimate of drug-likeness (QED) is 0.497.